The third-order valence-corrected chi connectivity index (χ3v) is 6.55. The van der Waals surface area contributed by atoms with E-state index in [2.05, 4.69) is 29.5 Å². The van der Waals surface area contributed by atoms with Crippen LogP contribution in [0.5, 0.6) is 17.2 Å². The van der Waals surface area contributed by atoms with Gasteiger partial charge in [-0.15, -0.1) is 5.10 Å². The number of rotatable bonds is 10. The Hall–Kier alpha value is -4.60. The van der Waals surface area contributed by atoms with Crippen molar-refractivity contribution in [1.29, 1.82) is 0 Å². The molecule has 3 aromatic carbocycles. The van der Waals surface area contributed by atoms with Crippen LogP contribution in [0.4, 0.5) is 5.69 Å². The van der Waals surface area contributed by atoms with Gasteiger partial charge in [0.25, 0.3) is 0 Å². The number of nitrogens with zero attached hydrogens (tertiary/aromatic N) is 4. The summed E-state index contributed by atoms with van der Waals surface area (Å²) in [6.07, 6.45) is 0.805. The fraction of sp³-hybridized carbons (Fsp3) is 0.310. The monoisotopic (exact) mass is 529 g/mol. The number of para-hydroxylation sites is 1. The van der Waals surface area contributed by atoms with Gasteiger partial charge in [-0.05, 0) is 54.3 Å². The van der Waals surface area contributed by atoms with E-state index in [0.717, 1.165) is 11.9 Å². The quantitative estimate of drug-likeness (QED) is 0.329. The van der Waals surface area contributed by atoms with Crippen LogP contribution in [-0.4, -0.2) is 47.3 Å². The lowest BCUT2D eigenvalue weighted by Gasteiger charge is -2.32. The Morgan fingerprint density at radius 2 is 1.87 bits per heavy atom. The Balaban J connectivity index is 1.58. The van der Waals surface area contributed by atoms with Crippen molar-refractivity contribution in [2.24, 2.45) is 5.92 Å². The van der Waals surface area contributed by atoms with Crippen molar-refractivity contribution in [2.45, 2.75) is 32.9 Å². The van der Waals surface area contributed by atoms with Crippen molar-refractivity contribution < 1.29 is 23.8 Å². The van der Waals surface area contributed by atoms with E-state index in [1.54, 1.807) is 43.5 Å². The number of anilines is 1. The lowest BCUT2D eigenvalue weighted by Crippen LogP contribution is -2.45. The van der Waals surface area contributed by atoms with Crippen LogP contribution in [0.3, 0.4) is 0 Å². The molecule has 0 saturated heterocycles. The molecule has 39 heavy (non-hydrogen) atoms. The van der Waals surface area contributed by atoms with E-state index in [1.807, 2.05) is 30.3 Å². The Bertz CT molecular complexity index is 1480. The topological polar surface area (TPSA) is 108 Å². The van der Waals surface area contributed by atoms with E-state index in [0.29, 0.717) is 46.5 Å². The van der Waals surface area contributed by atoms with E-state index in [1.165, 1.54) is 9.58 Å². The average Bonchev–Trinajstić information content (AvgIpc) is 3.58. The maximum Gasteiger partial charge on any atom is 0.249 e. The smallest absolute Gasteiger partial charge is 0.249 e. The molecule has 10 nitrogen and oxygen atoms in total. The summed E-state index contributed by atoms with van der Waals surface area (Å²) in [5.74, 6) is 1.41. The van der Waals surface area contributed by atoms with Crippen LogP contribution in [-0.2, 0) is 16.1 Å². The Morgan fingerprint density at radius 3 is 2.69 bits per heavy atom. The first-order chi connectivity index (χ1) is 18.9. The summed E-state index contributed by atoms with van der Waals surface area (Å²) >= 11 is 0. The molecular weight excluding hydrogens is 498 g/mol. The van der Waals surface area contributed by atoms with Crippen molar-refractivity contribution in [1.82, 2.24) is 20.3 Å². The number of benzene rings is 3. The zero-order valence-electron chi connectivity index (χ0n) is 22.2. The molecule has 1 N–H and O–H groups in total. The number of carbonyl (C=O) groups excluding carboxylic acids is 2. The largest absolute Gasteiger partial charge is 0.497 e. The third kappa shape index (κ3) is 5.64. The third-order valence-electron chi connectivity index (χ3n) is 6.55. The summed E-state index contributed by atoms with van der Waals surface area (Å²) in [7, 11) is 1.56. The molecule has 0 saturated carbocycles. The Labute approximate surface area is 226 Å². The van der Waals surface area contributed by atoms with Gasteiger partial charge in [0.1, 0.15) is 23.9 Å². The SMILES string of the molecule is COc1cccc(C(C(=O)NCCC(C)C)N(C(=O)Cn2nnc3ccccc32)c2ccc3c(c2)OCO3)c1. The number of hydrogen-bond donors (Lipinski definition) is 1. The number of amides is 2. The molecule has 0 bridgehead atoms. The van der Waals surface area contributed by atoms with Gasteiger partial charge >= 0.3 is 0 Å². The standard InChI is InChI=1S/C29H31N5O5/c1-19(2)13-14-30-29(36)28(20-7-6-8-22(15-20)37-3)34(21-11-12-25-26(16-21)39-18-38-25)27(35)17-33-24-10-5-4-9-23(24)31-32-33/h4-12,15-16,19,28H,13-14,17-18H2,1-3H3,(H,30,36). The fourth-order valence-corrected chi connectivity index (χ4v) is 4.52. The highest BCUT2D eigenvalue weighted by Crippen LogP contribution is 2.38. The van der Waals surface area contributed by atoms with Crippen LogP contribution in [0.1, 0.15) is 31.9 Å². The predicted octanol–water partition coefficient (Wildman–Crippen LogP) is 4.11. The minimum atomic E-state index is -0.991. The first-order valence-electron chi connectivity index (χ1n) is 12.9. The van der Waals surface area contributed by atoms with Crippen LogP contribution < -0.4 is 24.4 Å². The highest BCUT2D eigenvalue weighted by atomic mass is 16.7. The van der Waals surface area contributed by atoms with Gasteiger partial charge in [0.2, 0.25) is 18.6 Å². The van der Waals surface area contributed by atoms with E-state index in [4.69, 9.17) is 14.2 Å². The van der Waals surface area contributed by atoms with Crippen LogP contribution in [0, 0.1) is 5.92 Å². The minimum Gasteiger partial charge on any atom is -0.497 e. The molecule has 2 heterocycles. The number of nitrogens with one attached hydrogen (secondary N) is 1. The second kappa shape index (κ2) is 11.4. The maximum absolute atomic E-state index is 14.2. The molecule has 1 aliphatic rings. The van der Waals surface area contributed by atoms with Crippen LogP contribution >= 0.6 is 0 Å². The van der Waals surface area contributed by atoms with E-state index < -0.39 is 6.04 Å². The van der Waals surface area contributed by atoms with Crippen LogP contribution in [0.15, 0.2) is 66.7 Å². The summed E-state index contributed by atoms with van der Waals surface area (Å²) in [5, 5.41) is 11.4. The number of carbonyl (C=O) groups is 2. The summed E-state index contributed by atoms with van der Waals surface area (Å²) in [6.45, 7) is 4.63. The molecule has 0 fully saturated rings. The van der Waals surface area contributed by atoms with Crippen molar-refractivity contribution in [2.75, 3.05) is 25.3 Å². The summed E-state index contributed by atoms with van der Waals surface area (Å²) in [6, 6.07) is 18.8. The Kier molecular flexibility index (Phi) is 7.62. The van der Waals surface area contributed by atoms with Gasteiger partial charge in [-0.25, -0.2) is 4.68 Å². The number of methoxy groups -OCH3 is 1. The lowest BCUT2D eigenvalue weighted by molar-refractivity contribution is -0.127. The highest BCUT2D eigenvalue weighted by molar-refractivity contribution is 6.01. The number of ether oxygens (including phenoxy) is 3. The number of hydrogen-bond acceptors (Lipinski definition) is 7. The first-order valence-corrected chi connectivity index (χ1v) is 12.9. The lowest BCUT2D eigenvalue weighted by atomic mass is 10.0. The van der Waals surface area contributed by atoms with E-state index in [9.17, 15) is 9.59 Å². The predicted molar refractivity (Wildman–Crippen MR) is 146 cm³/mol. The van der Waals surface area contributed by atoms with Crippen LogP contribution in [0.2, 0.25) is 0 Å². The van der Waals surface area contributed by atoms with Gasteiger partial charge in [0.05, 0.1) is 12.6 Å². The van der Waals surface area contributed by atoms with Gasteiger partial charge in [-0.2, -0.15) is 0 Å². The molecule has 4 aromatic rings. The molecule has 1 unspecified atom stereocenters. The zero-order chi connectivity index (χ0) is 27.4. The van der Waals surface area contributed by atoms with E-state index >= 15 is 0 Å². The normalized spacial score (nSPS) is 12.9. The van der Waals surface area contributed by atoms with Gasteiger partial charge in [0, 0.05) is 18.3 Å². The summed E-state index contributed by atoms with van der Waals surface area (Å²) in [4.78, 5) is 29.5. The van der Waals surface area contributed by atoms with Gasteiger partial charge in [-0.1, -0.05) is 43.3 Å². The average molecular weight is 530 g/mol. The second-order valence-corrected chi connectivity index (χ2v) is 9.69. The van der Waals surface area contributed by atoms with Crippen LogP contribution in [0.25, 0.3) is 11.0 Å². The molecule has 0 aliphatic carbocycles. The molecule has 10 heteroatoms. The number of aromatic nitrogens is 3. The second-order valence-electron chi connectivity index (χ2n) is 9.69. The number of fused-ring (bicyclic) bond motifs is 2. The maximum atomic E-state index is 14.2. The molecule has 0 spiro atoms. The van der Waals surface area contributed by atoms with Crippen molar-refractivity contribution in [3.63, 3.8) is 0 Å². The summed E-state index contributed by atoms with van der Waals surface area (Å²) in [5.41, 5.74) is 2.48. The molecule has 2 amide bonds. The molecule has 5 rings (SSSR count). The fourth-order valence-electron chi connectivity index (χ4n) is 4.52. The minimum absolute atomic E-state index is 0.0900. The van der Waals surface area contributed by atoms with Gasteiger partial charge in [0.15, 0.2) is 11.5 Å². The van der Waals surface area contributed by atoms with Crippen molar-refractivity contribution >= 4 is 28.5 Å². The van der Waals surface area contributed by atoms with E-state index in [-0.39, 0.29) is 25.2 Å². The van der Waals surface area contributed by atoms with Crippen molar-refractivity contribution in [3.05, 3.63) is 72.3 Å². The van der Waals surface area contributed by atoms with Crippen molar-refractivity contribution in [3.8, 4) is 17.2 Å². The molecular formula is C29H31N5O5. The molecule has 0 radical (unpaired) electrons. The zero-order valence-corrected chi connectivity index (χ0v) is 22.2. The van der Waals surface area contributed by atoms with Gasteiger partial charge in [-0.3, -0.25) is 14.5 Å². The molecule has 1 aromatic heterocycles. The summed E-state index contributed by atoms with van der Waals surface area (Å²) < 4.78 is 18.1. The highest BCUT2D eigenvalue weighted by Gasteiger charge is 2.34. The molecule has 202 valence electrons. The molecule has 1 aliphatic heterocycles. The Morgan fingerprint density at radius 1 is 1.05 bits per heavy atom. The van der Waals surface area contributed by atoms with Gasteiger partial charge < -0.3 is 19.5 Å². The first kappa shape index (κ1) is 26.0. The molecule has 1 atom stereocenters.